The summed E-state index contributed by atoms with van der Waals surface area (Å²) >= 11 is 0. The van der Waals surface area contributed by atoms with Crippen molar-refractivity contribution in [1.82, 2.24) is 10.6 Å². The predicted molar refractivity (Wildman–Crippen MR) is 81.5 cm³/mol. The quantitative estimate of drug-likeness (QED) is 0.658. The van der Waals surface area contributed by atoms with E-state index in [2.05, 4.69) is 10.6 Å². The van der Waals surface area contributed by atoms with Gasteiger partial charge < -0.3 is 24.8 Å². The van der Waals surface area contributed by atoms with E-state index in [4.69, 9.17) is 14.2 Å². The first-order valence-corrected chi connectivity index (χ1v) is 6.93. The van der Waals surface area contributed by atoms with Crippen molar-refractivity contribution in [3.05, 3.63) is 23.8 Å². The van der Waals surface area contributed by atoms with E-state index in [0.29, 0.717) is 18.0 Å². The Hall–Kier alpha value is -2.77. The minimum atomic E-state index is -0.699. The van der Waals surface area contributed by atoms with E-state index in [9.17, 15) is 14.4 Å². The molecule has 1 rings (SSSR count). The predicted octanol–water partition coefficient (Wildman–Crippen LogP) is 0.113. The molecule has 0 spiro atoms. The van der Waals surface area contributed by atoms with Gasteiger partial charge in [0.25, 0.3) is 5.91 Å². The van der Waals surface area contributed by atoms with Crippen LogP contribution in [0.4, 0.5) is 0 Å². The van der Waals surface area contributed by atoms with Crippen molar-refractivity contribution in [1.29, 1.82) is 0 Å². The summed E-state index contributed by atoms with van der Waals surface area (Å²) in [5.41, 5.74) is 0.192. The number of likely N-dealkylation sites (N-methyl/N-ethyl adjacent to an activating group) is 1. The Morgan fingerprint density at radius 2 is 1.57 bits per heavy atom. The van der Waals surface area contributed by atoms with Gasteiger partial charge in [-0.2, -0.15) is 0 Å². The van der Waals surface area contributed by atoms with Crippen molar-refractivity contribution in [3.63, 3.8) is 0 Å². The molecule has 0 aliphatic carbocycles. The molecule has 23 heavy (non-hydrogen) atoms. The monoisotopic (exact) mass is 324 g/mol. The van der Waals surface area contributed by atoms with Gasteiger partial charge in [-0.15, -0.1) is 0 Å². The van der Waals surface area contributed by atoms with Crippen LogP contribution in [0, 0.1) is 0 Å². The number of ether oxygens (including phenoxy) is 3. The van der Waals surface area contributed by atoms with Gasteiger partial charge in [-0.3, -0.25) is 9.59 Å². The molecule has 0 aliphatic rings. The molecule has 0 radical (unpaired) electrons. The Kier molecular flexibility index (Phi) is 7.38. The number of carbonyl (C=O) groups excluding carboxylic acids is 3. The molecule has 0 saturated heterocycles. The summed E-state index contributed by atoms with van der Waals surface area (Å²) in [7, 11) is 2.91. The SMILES string of the molecule is CCNC(=O)CNC(=O)COC(=O)c1cc(OC)cc(OC)c1. The fourth-order valence-corrected chi connectivity index (χ4v) is 1.63. The van der Waals surface area contributed by atoms with E-state index in [1.54, 1.807) is 13.0 Å². The molecule has 1 aromatic rings. The third-order valence-corrected chi connectivity index (χ3v) is 2.74. The molecule has 0 fully saturated rings. The number of nitrogens with one attached hydrogen (secondary N) is 2. The number of carbonyl (C=O) groups is 3. The average Bonchev–Trinajstić information content (AvgIpc) is 2.57. The maximum absolute atomic E-state index is 11.9. The Bertz CT molecular complexity index is 551. The highest BCUT2D eigenvalue weighted by Crippen LogP contribution is 2.22. The van der Waals surface area contributed by atoms with Crippen LogP contribution in [0.25, 0.3) is 0 Å². The number of hydrogen-bond donors (Lipinski definition) is 2. The lowest BCUT2D eigenvalue weighted by Crippen LogP contribution is -2.38. The van der Waals surface area contributed by atoms with Crippen LogP contribution in [0.1, 0.15) is 17.3 Å². The van der Waals surface area contributed by atoms with Gasteiger partial charge in [-0.25, -0.2) is 4.79 Å². The van der Waals surface area contributed by atoms with Gasteiger partial charge in [0.15, 0.2) is 6.61 Å². The zero-order valence-electron chi connectivity index (χ0n) is 13.3. The third kappa shape index (κ3) is 6.25. The van der Waals surface area contributed by atoms with Crippen molar-refractivity contribution in [3.8, 4) is 11.5 Å². The number of hydrogen-bond acceptors (Lipinski definition) is 6. The van der Waals surface area contributed by atoms with Gasteiger partial charge in [0.2, 0.25) is 5.91 Å². The standard InChI is InChI=1S/C15H20N2O6/c1-4-16-13(18)8-17-14(19)9-23-15(20)10-5-11(21-2)7-12(6-10)22-3/h5-7H,4,8-9H2,1-3H3,(H,16,18)(H,17,19). The van der Waals surface area contributed by atoms with Crippen LogP contribution in [0.15, 0.2) is 18.2 Å². The van der Waals surface area contributed by atoms with E-state index in [0.717, 1.165) is 0 Å². The van der Waals surface area contributed by atoms with Crippen molar-refractivity contribution in [2.24, 2.45) is 0 Å². The molecule has 0 bridgehead atoms. The molecular weight excluding hydrogens is 304 g/mol. The van der Waals surface area contributed by atoms with Crippen molar-refractivity contribution >= 4 is 17.8 Å². The summed E-state index contributed by atoms with van der Waals surface area (Å²) in [5.74, 6) is -0.728. The van der Waals surface area contributed by atoms with Gasteiger partial charge in [0.05, 0.1) is 26.3 Å². The Balaban J connectivity index is 2.53. The van der Waals surface area contributed by atoms with Gasteiger partial charge in [0.1, 0.15) is 11.5 Å². The lowest BCUT2D eigenvalue weighted by atomic mass is 10.2. The smallest absolute Gasteiger partial charge is 0.338 e. The zero-order chi connectivity index (χ0) is 17.2. The molecule has 1 aromatic carbocycles. The second kappa shape index (κ2) is 9.29. The van der Waals surface area contributed by atoms with E-state index >= 15 is 0 Å². The lowest BCUT2D eigenvalue weighted by Gasteiger charge is -2.09. The largest absolute Gasteiger partial charge is 0.497 e. The van der Waals surface area contributed by atoms with Crippen molar-refractivity contribution in [2.75, 3.05) is 33.9 Å². The summed E-state index contributed by atoms with van der Waals surface area (Å²) in [5, 5.41) is 4.87. The minimum absolute atomic E-state index is 0.169. The minimum Gasteiger partial charge on any atom is -0.497 e. The molecule has 8 heteroatoms. The normalized spacial score (nSPS) is 9.70. The number of methoxy groups -OCH3 is 2. The Labute approximate surface area is 134 Å². The highest BCUT2D eigenvalue weighted by atomic mass is 16.5. The second-order valence-electron chi connectivity index (χ2n) is 4.41. The van der Waals surface area contributed by atoms with Gasteiger partial charge in [0, 0.05) is 12.6 Å². The van der Waals surface area contributed by atoms with E-state index in [1.807, 2.05) is 0 Å². The molecule has 0 saturated carbocycles. The van der Waals surface area contributed by atoms with Gasteiger partial charge in [-0.1, -0.05) is 0 Å². The van der Waals surface area contributed by atoms with Crippen LogP contribution >= 0.6 is 0 Å². The maximum atomic E-state index is 11.9. The Morgan fingerprint density at radius 1 is 0.957 bits per heavy atom. The molecule has 0 heterocycles. The first-order valence-electron chi connectivity index (χ1n) is 6.93. The van der Waals surface area contributed by atoms with Crippen LogP contribution in [0.3, 0.4) is 0 Å². The molecule has 0 unspecified atom stereocenters. The molecular formula is C15H20N2O6. The molecule has 8 nitrogen and oxygen atoms in total. The number of amides is 2. The summed E-state index contributed by atoms with van der Waals surface area (Å²) in [6.07, 6.45) is 0. The van der Waals surface area contributed by atoms with Crippen LogP contribution in [-0.4, -0.2) is 51.7 Å². The van der Waals surface area contributed by atoms with E-state index < -0.39 is 18.5 Å². The average molecular weight is 324 g/mol. The summed E-state index contributed by atoms with van der Waals surface area (Å²) < 4.78 is 15.0. The van der Waals surface area contributed by atoms with Crippen LogP contribution in [-0.2, 0) is 14.3 Å². The van der Waals surface area contributed by atoms with E-state index in [-0.39, 0.29) is 18.0 Å². The first-order chi connectivity index (χ1) is 11.0. The molecule has 2 N–H and O–H groups in total. The highest BCUT2D eigenvalue weighted by Gasteiger charge is 2.13. The van der Waals surface area contributed by atoms with E-state index in [1.165, 1.54) is 26.4 Å². The summed E-state index contributed by atoms with van der Waals surface area (Å²) in [6, 6.07) is 4.55. The molecule has 0 aromatic heterocycles. The number of rotatable bonds is 8. The summed E-state index contributed by atoms with van der Waals surface area (Å²) in [4.78, 5) is 34.6. The highest BCUT2D eigenvalue weighted by molar-refractivity contribution is 5.92. The molecule has 2 amide bonds. The first kappa shape index (κ1) is 18.3. The van der Waals surface area contributed by atoms with Gasteiger partial charge >= 0.3 is 5.97 Å². The topological polar surface area (TPSA) is 103 Å². The van der Waals surface area contributed by atoms with Crippen molar-refractivity contribution < 1.29 is 28.6 Å². The van der Waals surface area contributed by atoms with Crippen LogP contribution < -0.4 is 20.1 Å². The number of esters is 1. The lowest BCUT2D eigenvalue weighted by molar-refractivity contribution is -0.127. The van der Waals surface area contributed by atoms with Crippen molar-refractivity contribution in [2.45, 2.75) is 6.92 Å². The maximum Gasteiger partial charge on any atom is 0.338 e. The van der Waals surface area contributed by atoms with Gasteiger partial charge in [-0.05, 0) is 19.1 Å². The van der Waals surface area contributed by atoms with Crippen LogP contribution in [0.5, 0.6) is 11.5 Å². The molecule has 126 valence electrons. The fraction of sp³-hybridized carbons (Fsp3) is 0.400. The number of benzene rings is 1. The fourth-order valence-electron chi connectivity index (χ4n) is 1.63. The zero-order valence-corrected chi connectivity index (χ0v) is 13.3. The summed E-state index contributed by atoms with van der Waals surface area (Å²) in [6.45, 7) is 1.58. The molecule has 0 aliphatic heterocycles. The third-order valence-electron chi connectivity index (χ3n) is 2.74. The van der Waals surface area contributed by atoms with Crippen LogP contribution in [0.2, 0.25) is 0 Å². The molecule has 0 atom stereocenters. The Morgan fingerprint density at radius 3 is 2.09 bits per heavy atom. The second-order valence-corrected chi connectivity index (χ2v) is 4.41.